The fourth-order valence-electron chi connectivity index (χ4n) is 4.93. The number of carbonyl (C=O) groups excluding carboxylic acids is 3. The maximum atomic E-state index is 12.9. The lowest BCUT2D eigenvalue weighted by Gasteiger charge is -2.35. The Balaban J connectivity index is 1.90. The first-order valence-electron chi connectivity index (χ1n) is 12.9. The Labute approximate surface area is 189 Å². The van der Waals surface area contributed by atoms with Crippen molar-refractivity contribution >= 4 is 17.6 Å². The summed E-state index contributed by atoms with van der Waals surface area (Å²) < 4.78 is 0. The number of nitrogens with zero attached hydrogens (tertiary/aromatic N) is 2. The van der Waals surface area contributed by atoms with Gasteiger partial charge in [0.25, 0.3) is 0 Å². The first-order valence-corrected chi connectivity index (χ1v) is 12.9. The summed E-state index contributed by atoms with van der Waals surface area (Å²) in [5, 5.41) is 2.83. The Morgan fingerprint density at radius 3 is 2.26 bits per heavy atom. The standard InChI is InChI=1S/C25H45N3O3/c1-22(29)26-17-10-12-19-28-21-13-20-27-18-11-9-14-23(27)24(30)15-7-5-3-2-4-6-8-16-25(28)31/h23H,2-21H2,1H3,(H,26,29)/t23-/m0/s1. The predicted molar refractivity (Wildman–Crippen MR) is 125 cm³/mol. The second-order valence-electron chi connectivity index (χ2n) is 9.41. The highest BCUT2D eigenvalue weighted by Crippen LogP contribution is 2.21. The van der Waals surface area contributed by atoms with Crippen molar-refractivity contribution in [1.82, 2.24) is 15.1 Å². The molecule has 2 heterocycles. The molecule has 2 aliphatic heterocycles. The summed E-state index contributed by atoms with van der Waals surface area (Å²) in [6.07, 6.45) is 15.4. The minimum Gasteiger partial charge on any atom is -0.356 e. The van der Waals surface area contributed by atoms with Crippen molar-refractivity contribution in [2.24, 2.45) is 0 Å². The van der Waals surface area contributed by atoms with E-state index in [1.807, 2.05) is 4.90 Å². The lowest BCUT2D eigenvalue weighted by molar-refractivity contribution is -0.132. The lowest BCUT2D eigenvalue weighted by atomic mass is 9.95. The van der Waals surface area contributed by atoms with E-state index in [0.717, 1.165) is 90.4 Å². The van der Waals surface area contributed by atoms with Crippen molar-refractivity contribution < 1.29 is 14.4 Å². The zero-order valence-corrected chi connectivity index (χ0v) is 19.8. The third kappa shape index (κ3) is 10.6. The quantitative estimate of drug-likeness (QED) is 0.661. The van der Waals surface area contributed by atoms with E-state index in [1.54, 1.807) is 0 Å². The molecule has 6 heteroatoms. The van der Waals surface area contributed by atoms with Gasteiger partial charge < -0.3 is 10.2 Å². The molecule has 0 aromatic rings. The molecule has 0 aliphatic carbocycles. The van der Waals surface area contributed by atoms with E-state index >= 15 is 0 Å². The molecule has 1 atom stereocenters. The van der Waals surface area contributed by atoms with Gasteiger partial charge in [-0.05, 0) is 51.5 Å². The van der Waals surface area contributed by atoms with Crippen LogP contribution in [-0.2, 0) is 14.4 Å². The summed E-state index contributed by atoms with van der Waals surface area (Å²) in [7, 11) is 0. The largest absolute Gasteiger partial charge is 0.356 e. The van der Waals surface area contributed by atoms with Crippen molar-refractivity contribution in [2.75, 3.05) is 32.7 Å². The topological polar surface area (TPSA) is 69.7 Å². The molecule has 0 aromatic carbocycles. The average molecular weight is 436 g/mol. The smallest absolute Gasteiger partial charge is 0.222 e. The molecule has 31 heavy (non-hydrogen) atoms. The minimum atomic E-state index is 0.00234. The third-order valence-corrected chi connectivity index (χ3v) is 6.75. The van der Waals surface area contributed by atoms with Crippen LogP contribution in [0, 0.1) is 0 Å². The van der Waals surface area contributed by atoms with Crippen LogP contribution in [0.5, 0.6) is 0 Å². The van der Waals surface area contributed by atoms with E-state index in [4.69, 9.17) is 0 Å². The summed E-state index contributed by atoms with van der Waals surface area (Å²) in [6.45, 7) is 5.68. The highest BCUT2D eigenvalue weighted by atomic mass is 16.2. The van der Waals surface area contributed by atoms with Crippen molar-refractivity contribution in [3.63, 3.8) is 0 Å². The maximum Gasteiger partial charge on any atom is 0.222 e. The minimum absolute atomic E-state index is 0.00234. The van der Waals surface area contributed by atoms with Gasteiger partial charge in [-0.25, -0.2) is 0 Å². The third-order valence-electron chi connectivity index (χ3n) is 6.75. The normalized spacial score (nSPS) is 23.8. The molecule has 0 unspecified atom stereocenters. The molecule has 1 N–H and O–H groups in total. The molecular weight excluding hydrogens is 390 g/mol. The molecule has 0 spiro atoms. The van der Waals surface area contributed by atoms with Gasteiger partial charge in [0, 0.05) is 45.9 Å². The highest BCUT2D eigenvalue weighted by molar-refractivity contribution is 5.84. The average Bonchev–Trinajstić information content (AvgIpc) is 2.75. The van der Waals surface area contributed by atoms with Gasteiger partial charge in [-0.15, -0.1) is 0 Å². The number of rotatable bonds is 5. The number of nitrogens with one attached hydrogen (secondary N) is 1. The van der Waals surface area contributed by atoms with Crippen LogP contribution in [0.15, 0.2) is 0 Å². The Morgan fingerprint density at radius 1 is 0.839 bits per heavy atom. The summed E-state index contributed by atoms with van der Waals surface area (Å²) in [5.74, 6) is 0.715. The van der Waals surface area contributed by atoms with Crippen LogP contribution in [0.3, 0.4) is 0 Å². The number of carbonyl (C=O) groups is 3. The molecule has 0 bridgehead atoms. The predicted octanol–water partition coefficient (Wildman–Crippen LogP) is 4.07. The summed E-state index contributed by atoms with van der Waals surface area (Å²) in [5.41, 5.74) is 0. The number of amides is 2. The van der Waals surface area contributed by atoms with Crippen LogP contribution in [0.1, 0.15) is 103 Å². The van der Waals surface area contributed by atoms with Gasteiger partial charge in [0.05, 0.1) is 6.04 Å². The number of piperidine rings is 1. The first kappa shape index (κ1) is 25.8. The molecule has 2 fully saturated rings. The van der Waals surface area contributed by atoms with Gasteiger partial charge in [-0.3, -0.25) is 19.3 Å². The second-order valence-corrected chi connectivity index (χ2v) is 9.41. The van der Waals surface area contributed by atoms with Gasteiger partial charge in [0.15, 0.2) is 0 Å². The molecular formula is C25H45N3O3. The molecule has 0 aromatic heterocycles. The molecule has 178 valence electrons. The number of fused-ring (bicyclic) bond motifs is 1. The molecule has 6 nitrogen and oxygen atoms in total. The van der Waals surface area contributed by atoms with Crippen LogP contribution in [0.4, 0.5) is 0 Å². The Kier molecular flexibility index (Phi) is 12.8. The van der Waals surface area contributed by atoms with Gasteiger partial charge in [0.1, 0.15) is 5.78 Å². The number of Topliss-reactive ketones (excluding diaryl/α,β-unsaturated/α-hetero) is 1. The molecule has 2 rings (SSSR count). The van der Waals surface area contributed by atoms with Crippen molar-refractivity contribution in [2.45, 2.75) is 109 Å². The van der Waals surface area contributed by atoms with Crippen LogP contribution in [0.2, 0.25) is 0 Å². The van der Waals surface area contributed by atoms with Gasteiger partial charge >= 0.3 is 0 Å². The van der Waals surface area contributed by atoms with E-state index in [0.29, 0.717) is 18.7 Å². The first-order chi connectivity index (χ1) is 15.1. The fraction of sp³-hybridized carbons (Fsp3) is 0.880. The van der Waals surface area contributed by atoms with E-state index < -0.39 is 0 Å². The molecule has 0 radical (unpaired) electrons. The van der Waals surface area contributed by atoms with Crippen LogP contribution >= 0.6 is 0 Å². The van der Waals surface area contributed by atoms with Crippen LogP contribution in [0.25, 0.3) is 0 Å². The summed E-state index contributed by atoms with van der Waals surface area (Å²) in [6, 6.07) is 0.103. The fourth-order valence-corrected chi connectivity index (χ4v) is 4.93. The SMILES string of the molecule is CC(=O)NCCCCN1CCCN2CCCC[C@H]2C(=O)CCCCCCCCCC1=O. The highest BCUT2D eigenvalue weighted by Gasteiger charge is 2.27. The molecule has 2 aliphatic rings. The van der Waals surface area contributed by atoms with Crippen LogP contribution < -0.4 is 5.32 Å². The maximum absolute atomic E-state index is 12.9. The van der Waals surface area contributed by atoms with E-state index in [1.165, 1.54) is 32.6 Å². The molecule has 0 saturated carbocycles. The van der Waals surface area contributed by atoms with Gasteiger partial charge in [0.2, 0.25) is 11.8 Å². The van der Waals surface area contributed by atoms with Crippen molar-refractivity contribution in [1.29, 1.82) is 0 Å². The number of ketones is 1. The number of hydrogen-bond acceptors (Lipinski definition) is 4. The number of unbranched alkanes of at least 4 members (excludes halogenated alkanes) is 1. The monoisotopic (exact) mass is 435 g/mol. The Bertz CT molecular complexity index is 552. The lowest BCUT2D eigenvalue weighted by Crippen LogP contribution is -2.46. The number of hydrogen-bond donors (Lipinski definition) is 1. The van der Waals surface area contributed by atoms with Crippen molar-refractivity contribution in [3.8, 4) is 0 Å². The molecule has 2 amide bonds. The second kappa shape index (κ2) is 15.4. The zero-order valence-electron chi connectivity index (χ0n) is 19.8. The van der Waals surface area contributed by atoms with E-state index in [9.17, 15) is 14.4 Å². The summed E-state index contributed by atoms with van der Waals surface area (Å²) >= 11 is 0. The van der Waals surface area contributed by atoms with Gasteiger partial charge in [-0.1, -0.05) is 38.5 Å². The van der Waals surface area contributed by atoms with E-state index in [2.05, 4.69) is 10.2 Å². The van der Waals surface area contributed by atoms with Crippen molar-refractivity contribution in [3.05, 3.63) is 0 Å². The zero-order chi connectivity index (χ0) is 22.3. The van der Waals surface area contributed by atoms with E-state index in [-0.39, 0.29) is 17.9 Å². The molecule has 2 saturated heterocycles. The Hall–Kier alpha value is -1.43. The van der Waals surface area contributed by atoms with Crippen LogP contribution in [-0.4, -0.2) is 66.2 Å². The Morgan fingerprint density at radius 2 is 1.52 bits per heavy atom. The van der Waals surface area contributed by atoms with Gasteiger partial charge in [-0.2, -0.15) is 0 Å². The summed E-state index contributed by atoms with van der Waals surface area (Å²) in [4.78, 5) is 41.1.